The van der Waals surface area contributed by atoms with Crippen LogP contribution in [0.5, 0.6) is 0 Å². The molecule has 0 atom stereocenters. The van der Waals surface area contributed by atoms with Gasteiger partial charge in [-0.05, 0) is 22.6 Å². The van der Waals surface area contributed by atoms with Gasteiger partial charge in [0.1, 0.15) is 0 Å². The predicted octanol–water partition coefficient (Wildman–Crippen LogP) is 1.68. The summed E-state index contributed by atoms with van der Waals surface area (Å²) in [6, 6.07) is 0. The summed E-state index contributed by atoms with van der Waals surface area (Å²) in [5.41, 5.74) is 0. The molecular formula is C3I2NO. The van der Waals surface area contributed by atoms with Crippen LogP contribution in [0.1, 0.15) is 0 Å². The van der Waals surface area contributed by atoms with Gasteiger partial charge in [0, 0.05) is 22.6 Å². The SMILES string of the molecule is Ic1[c]oc(I)n1. The molecule has 1 radical (unpaired) electrons. The maximum atomic E-state index is 4.71. The lowest BCUT2D eigenvalue weighted by molar-refractivity contribution is 0.517. The van der Waals surface area contributed by atoms with E-state index in [1.807, 2.05) is 45.2 Å². The van der Waals surface area contributed by atoms with Crippen molar-refractivity contribution in [3.63, 3.8) is 0 Å². The zero-order chi connectivity index (χ0) is 5.28. The molecule has 0 aromatic carbocycles. The molecule has 1 heterocycles. The van der Waals surface area contributed by atoms with E-state index in [1.165, 1.54) is 0 Å². The van der Waals surface area contributed by atoms with Crippen molar-refractivity contribution in [2.75, 3.05) is 0 Å². The average Bonchev–Trinajstić information content (AvgIpc) is 1.87. The molecule has 0 N–H and O–H groups in total. The number of nitrogens with zero attached hydrogens (tertiary/aromatic N) is 1. The summed E-state index contributed by atoms with van der Waals surface area (Å²) in [6.07, 6.45) is 2.56. The lowest BCUT2D eigenvalue weighted by Crippen LogP contribution is -1.65. The quantitative estimate of drug-likeness (QED) is 0.680. The van der Waals surface area contributed by atoms with Gasteiger partial charge >= 0.3 is 0 Å². The number of hydrogen-bond donors (Lipinski definition) is 0. The summed E-state index contributed by atoms with van der Waals surface area (Å²) < 4.78 is 6.13. The molecule has 0 saturated heterocycles. The second kappa shape index (κ2) is 2.29. The van der Waals surface area contributed by atoms with Crippen molar-refractivity contribution in [1.82, 2.24) is 4.98 Å². The van der Waals surface area contributed by atoms with Crippen molar-refractivity contribution >= 4 is 45.2 Å². The van der Waals surface area contributed by atoms with Crippen LogP contribution in [-0.4, -0.2) is 4.98 Å². The second-order valence-electron chi connectivity index (χ2n) is 0.860. The van der Waals surface area contributed by atoms with E-state index < -0.39 is 0 Å². The largest absolute Gasteiger partial charge is 0.427 e. The lowest BCUT2D eigenvalue weighted by atomic mass is 11.0. The van der Waals surface area contributed by atoms with Gasteiger partial charge in [0.15, 0.2) is 3.70 Å². The van der Waals surface area contributed by atoms with Gasteiger partial charge in [-0.3, -0.25) is 0 Å². The molecular weight excluding hydrogens is 320 g/mol. The molecule has 1 aromatic rings. The molecule has 7 heavy (non-hydrogen) atoms. The van der Waals surface area contributed by atoms with E-state index in [2.05, 4.69) is 11.2 Å². The zero-order valence-electron chi connectivity index (χ0n) is 3.11. The standard InChI is InChI=1S/C3I2NO/c4-2-1-7-3(5)6-2. The Balaban J connectivity index is 3.04. The normalized spacial score (nSPS) is 9.43. The maximum absolute atomic E-state index is 4.71. The summed E-state index contributed by atoms with van der Waals surface area (Å²) in [5.74, 6) is 0. The van der Waals surface area contributed by atoms with Crippen molar-refractivity contribution in [3.05, 3.63) is 13.9 Å². The van der Waals surface area contributed by atoms with E-state index in [4.69, 9.17) is 4.42 Å². The van der Waals surface area contributed by atoms with Crippen LogP contribution in [0.15, 0.2) is 4.42 Å². The summed E-state index contributed by atoms with van der Waals surface area (Å²) >= 11 is 4.02. The van der Waals surface area contributed by atoms with E-state index in [0.717, 1.165) is 3.70 Å². The molecule has 2 nitrogen and oxygen atoms in total. The van der Waals surface area contributed by atoms with Gasteiger partial charge in [-0.1, -0.05) is 0 Å². The van der Waals surface area contributed by atoms with Crippen molar-refractivity contribution in [2.24, 2.45) is 0 Å². The highest BCUT2D eigenvalue weighted by Gasteiger charge is 1.92. The molecule has 1 aromatic heterocycles. The van der Waals surface area contributed by atoms with Crippen molar-refractivity contribution < 1.29 is 4.42 Å². The van der Waals surface area contributed by atoms with E-state index in [0.29, 0.717) is 3.90 Å². The number of hydrogen-bond acceptors (Lipinski definition) is 2. The predicted molar refractivity (Wildman–Crippen MR) is 40.8 cm³/mol. The van der Waals surface area contributed by atoms with Crippen molar-refractivity contribution in [1.29, 1.82) is 0 Å². The van der Waals surface area contributed by atoms with Crippen molar-refractivity contribution in [2.45, 2.75) is 0 Å². The fourth-order valence-corrected chi connectivity index (χ4v) is 1.35. The summed E-state index contributed by atoms with van der Waals surface area (Å²) in [7, 11) is 0. The minimum absolute atomic E-state index is 0.641. The van der Waals surface area contributed by atoms with E-state index in [-0.39, 0.29) is 0 Å². The van der Waals surface area contributed by atoms with E-state index in [9.17, 15) is 0 Å². The van der Waals surface area contributed by atoms with E-state index in [1.54, 1.807) is 0 Å². The first-order valence-corrected chi connectivity index (χ1v) is 3.64. The highest BCUT2D eigenvalue weighted by molar-refractivity contribution is 14.1. The number of halogens is 2. The fraction of sp³-hybridized carbons (Fsp3) is 0. The van der Waals surface area contributed by atoms with Gasteiger partial charge in [0.2, 0.25) is 6.26 Å². The summed E-state index contributed by atoms with van der Waals surface area (Å²) in [6.45, 7) is 0. The highest BCUT2D eigenvalue weighted by Crippen LogP contribution is 2.04. The first-order valence-electron chi connectivity index (χ1n) is 1.48. The maximum Gasteiger partial charge on any atom is 0.258 e. The summed E-state index contributed by atoms with van der Waals surface area (Å²) in [5, 5.41) is 0. The smallest absolute Gasteiger partial charge is 0.258 e. The van der Waals surface area contributed by atoms with Gasteiger partial charge < -0.3 is 4.42 Å². The molecule has 0 amide bonds. The minimum Gasteiger partial charge on any atom is -0.427 e. The third-order valence-corrected chi connectivity index (χ3v) is 1.33. The Kier molecular flexibility index (Phi) is 1.90. The fourth-order valence-electron chi connectivity index (χ4n) is 0.207. The van der Waals surface area contributed by atoms with Crippen LogP contribution in [0.4, 0.5) is 0 Å². The van der Waals surface area contributed by atoms with E-state index >= 15 is 0 Å². The van der Waals surface area contributed by atoms with Crippen LogP contribution < -0.4 is 0 Å². The first-order chi connectivity index (χ1) is 3.29. The molecule has 0 saturated carbocycles. The number of aromatic nitrogens is 1. The third kappa shape index (κ3) is 1.56. The van der Waals surface area contributed by atoms with Gasteiger partial charge in [-0.25, -0.2) is 0 Å². The zero-order valence-corrected chi connectivity index (χ0v) is 7.43. The monoisotopic (exact) mass is 320 g/mol. The highest BCUT2D eigenvalue weighted by atomic mass is 127. The van der Waals surface area contributed by atoms with Crippen LogP contribution in [0.2, 0.25) is 0 Å². The molecule has 0 aliphatic carbocycles. The lowest BCUT2D eigenvalue weighted by Gasteiger charge is -1.64. The Hall–Kier alpha value is 0.670. The van der Waals surface area contributed by atoms with Crippen LogP contribution in [0, 0.1) is 13.9 Å². The van der Waals surface area contributed by atoms with Gasteiger partial charge in [-0.15, -0.1) is 0 Å². The minimum atomic E-state index is 0.641. The molecule has 37 valence electrons. The first kappa shape index (κ1) is 5.80. The van der Waals surface area contributed by atoms with Gasteiger partial charge in [0.05, 0.1) is 0 Å². The topological polar surface area (TPSA) is 26.0 Å². The number of rotatable bonds is 0. The molecule has 0 bridgehead atoms. The Morgan fingerprint density at radius 3 is 2.43 bits per heavy atom. The van der Waals surface area contributed by atoms with Gasteiger partial charge in [0.25, 0.3) is 3.90 Å². The molecule has 0 unspecified atom stereocenters. The third-order valence-electron chi connectivity index (χ3n) is 0.406. The Morgan fingerprint density at radius 1 is 1.57 bits per heavy atom. The van der Waals surface area contributed by atoms with Crippen LogP contribution >= 0.6 is 45.2 Å². The molecule has 0 aliphatic rings. The Morgan fingerprint density at radius 2 is 2.29 bits per heavy atom. The Labute approximate surface area is 68.0 Å². The molecule has 4 heteroatoms. The number of oxazole rings is 1. The molecule has 0 fully saturated rings. The van der Waals surface area contributed by atoms with Crippen LogP contribution in [0.3, 0.4) is 0 Å². The van der Waals surface area contributed by atoms with Crippen molar-refractivity contribution in [3.8, 4) is 0 Å². The molecule has 0 spiro atoms. The average molecular weight is 320 g/mol. The van der Waals surface area contributed by atoms with Crippen LogP contribution in [-0.2, 0) is 0 Å². The van der Waals surface area contributed by atoms with Gasteiger partial charge in [-0.2, -0.15) is 4.98 Å². The second-order valence-corrected chi connectivity index (χ2v) is 2.80. The molecule has 0 aliphatic heterocycles. The van der Waals surface area contributed by atoms with Crippen LogP contribution in [0.25, 0.3) is 0 Å². The summed E-state index contributed by atoms with van der Waals surface area (Å²) in [4.78, 5) is 3.86. The molecule has 1 rings (SSSR count). The Bertz CT molecular complexity index is 145.